The van der Waals surface area contributed by atoms with E-state index < -0.39 is 0 Å². The number of amides is 2. The highest BCUT2D eigenvalue weighted by Gasteiger charge is 2.20. The molecule has 0 bridgehead atoms. The van der Waals surface area contributed by atoms with Crippen LogP contribution < -0.4 is 10.6 Å². The topological polar surface area (TPSA) is 84.0 Å². The zero-order valence-electron chi connectivity index (χ0n) is 16.8. The van der Waals surface area contributed by atoms with E-state index in [1.807, 2.05) is 42.5 Å². The van der Waals surface area contributed by atoms with Crippen LogP contribution >= 0.6 is 0 Å². The summed E-state index contributed by atoms with van der Waals surface area (Å²) >= 11 is 0. The number of para-hydroxylation sites is 1. The van der Waals surface area contributed by atoms with E-state index in [1.165, 1.54) is 0 Å². The summed E-state index contributed by atoms with van der Waals surface area (Å²) in [6, 6.07) is 18.0. The molecule has 2 N–H and O–H groups in total. The summed E-state index contributed by atoms with van der Waals surface area (Å²) in [5, 5.41) is 5.68. The zero-order valence-corrected chi connectivity index (χ0v) is 16.8. The summed E-state index contributed by atoms with van der Waals surface area (Å²) in [5.41, 5.74) is 2.74. The number of hydrogen-bond donors (Lipinski definition) is 2. The Kier molecular flexibility index (Phi) is 6.02. The second-order valence-corrected chi connectivity index (χ2v) is 7.66. The first-order valence-electron chi connectivity index (χ1n) is 9.40. The molecule has 0 spiro atoms. The number of pyridine rings is 2. The number of anilines is 1. The standard InChI is InChI=1S/C23H24N4O2/c1-23(2,3)17-10-4-5-11-18(17)27-22(29)20-13-8-12-19(26-20)21(28)25-15-16-9-6-7-14-24-16/h4-14H,15H2,1-3H3,(H,25,28)(H,27,29). The molecule has 0 aliphatic carbocycles. The normalized spacial score (nSPS) is 11.0. The van der Waals surface area contributed by atoms with Crippen LogP contribution in [0.25, 0.3) is 0 Å². The van der Waals surface area contributed by atoms with Crippen LogP contribution in [0.1, 0.15) is 53.0 Å². The van der Waals surface area contributed by atoms with Gasteiger partial charge in [-0.25, -0.2) is 4.98 Å². The maximum absolute atomic E-state index is 12.7. The van der Waals surface area contributed by atoms with Gasteiger partial charge in [-0.1, -0.05) is 51.1 Å². The lowest BCUT2D eigenvalue weighted by molar-refractivity contribution is 0.0945. The molecule has 0 atom stereocenters. The molecule has 0 aliphatic heterocycles. The van der Waals surface area contributed by atoms with Crippen molar-refractivity contribution < 1.29 is 9.59 Å². The molecule has 0 unspecified atom stereocenters. The molecule has 3 rings (SSSR count). The van der Waals surface area contributed by atoms with Crippen molar-refractivity contribution >= 4 is 17.5 Å². The largest absolute Gasteiger partial charge is 0.345 e. The molecule has 0 aliphatic rings. The number of nitrogens with one attached hydrogen (secondary N) is 2. The van der Waals surface area contributed by atoms with E-state index in [2.05, 4.69) is 41.4 Å². The predicted molar refractivity (Wildman–Crippen MR) is 113 cm³/mol. The number of nitrogens with zero attached hydrogens (tertiary/aromatic N) is 2. The Balaban J connectivity index is 1.72. The highest BCUT2D eigenvalue weighted by Crippen LogP contribution is 2.29. The first-order valence-corrected chi connectivity index (χ1v) is 9.40. The fourth-order valence-electron chi connectivity index (χ4n) is 2.88. The average Bonchev–Trinajstić information content (AvgIpc) is 2.72. The minimum Gasteiger partial charge on any atom is -0.345 e. The molecule has 29 heavy (non-hydrogen) atoms. The van der Waals surface area contributed by atoms with Crippen LogP contribution in [-0.4, -0.2) is 21.8 Å². The van der Waals surface area contributed by atoms with Gasteiger partial charge in [0.2, 0.25) is 0 Å². The van der Waals surface area contributed by atoms with Gasteiger partial charge in [0.25, 0.3) is 11.8 Å². The number of benzene rings is 1. The molecule has 6 heteroatoms. The van der Waals surface area contributed by atoms with Crippen LogP contribution in [0.15, 0.2) is 66.9 Å². The Labute approximate surface area is 170 Å². The number of hydrogen-bond acceptors (Lipinski definition) is 4. The summed E-state index contributed by atoms with van der Waals surface area (Å²) in [5.74, 6) is -0.721. The van der Waals surface area contributed by atoms with Crippen LogP contribution in [-0.2, 0) is 12.0 Å². The minimum atomic E-state index is -0.361. The van der Waals surface area contributed by atoms with Crippen LogP contribution in [0, 0.1) is 0 Å². The monoisotopic (exact) mass is 388 g/mol. The van der Waals surface area contributed by atoms with Gasteiger partial charge in [0, 0.05) is 11.9 Å². The Bertz CT molecular complexity index is 1010. The Hall–Kier alpha value is -3.54. The van der Waals surface area contributed by atoms with Crippen molar-refractivity contribution in [1.29, 1.82) is 0 Å². The van der Waals surface area contributed by atoms with E-state index in [9.17, 15) is 9.59 Å². The SMILES string of the molecule is CC(C)(C)c1ccccc1NC(=O)c1cccc(C(=O)NCc2ccccn2)n1. The maximum atomic E-state index is 12.7. The Morgan fingerprint density at radius 1 is 0.862 bits per heavy atom. The summed E-state index contributed by atoms with van der Waals surface area (Å²) in [7, 11) is 0. The fourth-order valence-corrected chi connectivity index (χ4v) is 2.88. The van der Waals surface area contributed by atoms with E-state index in [1.54, 1.807) is 24.4 Å². The van der Waals surface area contributed by atoms with E-state index in [0.29, 0.717) is 0 Å². The summed E-state index contributed by atoms with van der Waals surface area (Å²) in [6.07, 6.45) is 1.67. The zero-order chi connectivity index (χ0) is 20.9. The predicted octanol–water partition coefficient (Wildman–Crippen LogP) is 3.96. The van der Waals surface area contributed by atoms with Gasteiger partial charge in [-0.05, 0) is 41.3 Å². The Morgan fingerprint density at radius 3 is 2.24 bits per heavy atom. The van der Waals surface area contributed by atoms with Crippen molar-refractivity contribution in [3.8, 4) is 0 Å². The average molecular weight is 388 g/mol. The smallest absolute Gasteiger partial charge is 0.274 e. The highest BCUT2D eigenvalue weighted by molar-refractivity contribution is 6.04. The third-order valence-corrected chi connectivity index (χ3v) is 4.35. The fraction of sp³-hybridized carbons (Fsp3) is 0.217. The lowest BCUT2D eigenvalue weighted by Crippen LogP contribution is -2.25. The van der Waals surface area contributed by atoms with E-state index >= 15 is 0 Å². The second-order valence-electron chi connectivity index (χ2n) is 7.66. The van der Waals surface area contributed by atoms with Crippen LogP contribution in [0.2, 0.25) is 0 Å². The molecule has 6 nitrogen and oxygen atoms in total. The van der Waals surface area contributed by atoms with E-state index in [-0.39, 0.29) is 35.2 Å². The van der Waals surface area contributed by atoms with Gasteiger partial charge in [0.15, 0.2) is 0 Å². The molecule has 0 fully saturated rings. The summed E-state index contributed by atoms with van der Waals surface area (Å²) in [6.45, 7) is 6.55. The molecule has 148 valence electrons. The molecule has 2 aromatic heterocycles. The summed E-state index contributed by atoms with van der Waals surface area (Å²) < 4.78 is 0. The molecule has 2 amide bonds. The molecule has 0 saturated carbocycles. The number of aromatic nitrogens is 2. The van der Waals surface area contributed by atoms with Gasteiger partial charge >= 0.3 is 0 Å². The summed E-state index contributed by atoms with van der Waals surface area (Å²) in [4.78, 5) is 33.5. The lowest BCUT2D eigenvalue weighted by atomic mass is 9.86. The van der Waals surface area contributed by atoms with Gasteiger partial charge in [-0.2, -0.15) is 0 Å². The van der Waals surface area contributed by atoms with Crippen molar-refractivity contribution in [2.45, 2.75) is 32.7 Å². The molecular formula is C23H24N4O2. The first-order chi connectivity index (χ1) is 13.8. The van der Waals surface area contributed by atoms with Gasteiger partial charge in [-0.15, -0.1) is 0 Å². The molecule has 1 aromatic carbocycles. The van der Waals surface area contributed by atoms with Gasteiger partial charge < -0.3 is 10.6 Å². The lowest BCUT2D eigenvalue weighted by Gasteiger charge is -2.22. The molecule has 2 heterocycles. The van der Waals surface area contributed by atoms with Crippen molar-refractivity contribution in [3.63, 3.8) is 0 Å². The van der Waals surface area contributed by atoms with E-state index in [4.69, 9.17) is 0 Å². The van der Waals surface area contributed by atoms with Gasteiger partial charge in [0.05, 0.1) is 12.2 Å². The number of carbonyl (C=O) groups is 2. The second kappa shape index (κ2) is 8.65. The first kappa shape index (κ1) is 20.2. The molecule has 0 saturated heterocycles. The molecular weight excluding hydrogens is 364 g/mol. The van der Waals surface area contributed by atoms with E-state index in [0.717, 1.165) is 16.9 Å². The van der Waals surface area contributed by atoms with Crippen LogP contribution in [0.3, 0.4) is 0 Å². The maximum Gasteiger partial charge on any atom is 0.274 e. The van der Waals surface area contributed by atoms with Gasteiger partial charge in [-0.3, -0.25) is 14.6 Å². The van der Waals surface area contributed by atoms with Crippen molar-refractivity contribution in [2.24, 2.45) is 0 Å². The molecule has 3 aromatic rings. The van der Waals surface area contributed by atoms with Crippen molar-refractivity contribution in [1.82, 2.24) is 15.3 Å². The van der Waals surface area contributed by atoms with Gasteiger partial charge in [0.1, 0.15) is 11.4 Å². The van der Waals surface area contributed by atoms with Crippen LogP contribution in [0.4, 0.5) is 5.69 Å². The number of carbonyl (C=O) groups excluding carboxylic acids is 2. The third-order valence-electron chi connectivity index (χ3n) is 4.35. The van der Waals surface area contributed by atoms with Crippen LogP contribution in [0.5, 0.6) is 0 Å². The third kappa shape index (κ3) is 5.25. The highest BCUT2D eigenvalue weighted by atomic mass is 16.2. The quantitative estimate of drug-likeness (QED) is 0.693. The minimum absolute atomic E-state index is 0.121. The van der Waals surface area contributed by atoms with Crippen molar-refractivity contribution in [2.75, 3.05) is 5.32 Å². The molecule has 0 radical (unpaired) electrons. The number of rotatable bonds is 5. The Morgan fingerprint density at radius 2 is 1.55 bits per heavy atom. The van der Waals surface area contributed by atoms with Crippen molar-refractivity contribution in [3.05, 3.63) is 89.5 Å².